The Bertz CT molecular complexity index is 2410. The molecule has 0 saturated carbocycles. The zero-order chi connectivity index (χ0) is 40.7. The van der Waals surface area contributed by atoms with E-state index in [1.807, 2.05) is 103 Å². The maximum atomic E-state index is 13.3. The average Bonchev–Trinajstić information content (AvgIpc) is 3.85. The number of phenolic OH excluding ortho intramolecular Hbond substituents is 1. The molecule has 3 heterocycles. The summed E-state index contributed by atoms with van der Waals surface area (Å²) >= 11 is 1.45. The Hall–Kier alpha value is -6.39. The number of carbonyl (C=O) groups is 3. The molecule has 2 fully saturated rings. The Morgan fingerprint density at radius 3 is 2.36 bits per heavy atom. The minimum atomic E-state index is -1.01. The van der Waals surface area contributed by atoms with Crippen molar-refractivity contribution in [3.05, 3.63) is 155 Å². The molecular weight excluding hydrogens is 773 g/mol. The van der Waals surface area contributed by atoms with Crippen molar-refractivity contribution in [3.8, 4) is 22.6 Å². The fraction of sp³-hybridized carbons (Fsp3) is 0.227. The number of rotatable bonds is 13. The van der Waals surface area contributed by atoms with Crippen molar-refractivity contribution in [2.24, 2.45) is 0 Å². The number of nitrogens with zero attached hydrogens (tertiary/aromatic N) is 5. The van der Waals surface area contributed by atoms with Gasteiger partial charge in [0.2, 0.25) is 11.1 Å². The third kappa shape index (κ3) is 9.50. The predicted octanol–water partition coefficient (Wildman–Crippen LogP) is 6.42. The molecule has 3 amide bonds. The Labute approximate surface area is 343 Å². The Morgan fingerprint density at radius 1 is 0.831 bits per heavy atom. The summed E-state index contributed by atoms with van der Waals surface area (Å²) in [5.74, 6) is -0.210. The van der Waals surface area contributed by atoms with Gasteiger partial charge in [-0.3, -0.25) is 14.5 Å². The van der Waals surface area contributed by atoms with Gasteiger partial charge in [0.1, 0.15) is 18.4 Å². The molecule has 15 heteroatoms. The van der Waals surface area contributed by atoms with Gasteiger partial charge in [-0.05, 0) is 80.2 Å². The number of alkyl carbamates (subject to hydrolysis) is 1. The first-order valence-electron chi connectivity index (χ1n) is 19.0. The highest BCUT2D eigenvalue weighted by atomic mass is 32.2. The lowest BCUT2D eigenvalue weighted by Crippen LogP contribution is -2.41. The number of nitrogens with one attached hydrogen (secondary N) is 1. The second kappa shape index (κ2) is 18.0. The van der Waals surface area contributed by atoms with Crippen LogP contribution in [-0.4, -0.2) is 71.1 Å². The number of phenols is 1. The van der Waals surface area contributed by atoms with Crippen LogP contribution in [0.15, 0.2) is 133 Å². The molecule has 1 aromatic heterocycles. The molecule has 300 valence electrons. The Morgan fingerprint density at radius 2 is 1.58 bits per heavy atom. The van der Waals surface area contributed by atoms with E-state index in [9.17, 15) is 24.6 Å². The van der Waals surface area contributed by atoms with E-state index in [0.29, 0.717) is 23.0 Å². The van der Waals surface area contributed by atoms with Crippen LogP contribution in [0, 0.1) is 0 Å². The average molecular weight is 813 g/mol. The molecule has 4 atom stereocenters. The number of aliphatic hydroxyl groups excluding tert-OH is 1. The van der Waals surface area contributed by atoms with Gasteiger partial charge in [0.05, 0.1) is 37.5 Å². The van der Waals surface area contributed by atoms with Crippen molar-refractivity contribution < 1.29 is 38.8 Å². The molecule has 0 aliphatic carbocycles. The number of aromatic nitrogens is 4. The lowest BCUT2D eigenvalue weighted by atomic mass is 9.99. The molecule has 0 spiro atoms. The first kappa shape index (κ1) is 39.4. The molecule has 2 aliphatic rings. The number of likely N-dealkylation sites (tertiary alicyclic amines) is 1. The number of imide groups is 1. The molecular formula is C44H40N6O8S. The van der Waals surface area contributed by atoms with Crippen LogP contribution in [0.3, 0.4) is 0 Å². The molecule has 3 N–H and O–H groups in total. The first-order valence-corrected chi connectivity index (χ1v) is 20.0. The quantitative estimate of drug-likeness (QED) is 0.0863. The predicted molar refractivity (Wildman–Crippen MR) is 216 cm³/mol. The van der Waals surface area contributed by atoms with Crippen molar-refractivity contribution in [1.29, 1.82) is 0 Å². The third-order valence-electron chi connectivity index (χ3n) is 10.1. The molecule has 2 saturated heterocycles. The summed E-state index contributed by atoms with van der Waals surface area (Å²) in [7, 11) is 0. The van der Waals surface area contributed by atoms with E-state index in [4.69, 9.17) is 14.2 Å². The summed E-state index contributed by atoms with van der Waals surface area (Å²) in [6.45, 7) is 0.0296. The maximum Gasteiger partial charge on any atom is 0.408 e. The Kier molecular flexibility index (Phi) is 12.1. The number of aliphatic hydroxyl groups is 1. The minimum Gasteiger partial charge on any atom is -0.508 e. The van der Waals surface area contributed by atoms with Crippen LogP contribution in [-0.2, 0) is 43.6 Å². The molecule has 59 heavy (non-hydrogen) atoms. The van der Waals surface area contributed by atoms with E-state index >= 15 is 0 Å². The molecule has 5 aromatic carbocycles. The van der Waals surface area contributed by atoms with Crippen LogP contribution in [0.25, 0.3) is 16.8 Å². The van der Waals surface area contributed by atoms with Crippen LogP contribution >= 0.6 is 11.8 Å². The summed E-state index contributed by atoms with van der Waals surface area (Å²) in [6, 6.07) is 37.9. The molecule has 0 bridgehead atoms. The van der Waals surface area contributed by atoms with Crippen molar-refractivity contribution >= 4 is 29.7 Å². The van der Waals surface area contributed by atoms with Crippen molar-refractivity contribution in [1.82, 2.24) is 30.4 Å². The highest BCUT2D eigenvalue weighted by Gasteiger charge is 2.40. The second-order valence-corrected chi connectivity index (χ2v) is 15.1. The summed E-state index contributed by atoms with van der Waals surface area (Å²) in [6.07, 6.45) is -1.66. The lowest BCUT2D eigenvalue weighted by molar-refractivity contribution is -0.245. The fourth-order valence-electron chi connectivity index (χ4n) is 6.98. The topological polar surface area (TPSA) is 178 Å². The normalized spacial score (nSPS) is 19.2. The van der Waals surface area contributed by atoms with Gasteiger partial charge in [-0.1, -0.05) is 103 Å². The number of carbonyl (C=O) groups excluding carboxylic acids is 3. The van der Waals surface area contributed by atoms with Gasteiger partial charge in [0.15, 0.2) is 6.29 Å². The first-order chi connectivity index (χ1) is 28.8. The number of ether oxygens (including phenoxy) is 3. The maximum absolute atomic E-state index is 13.3. The summed E-state index contributed by atoms with van der Waals surface area (Å²) in [4.78, 5) is 39.9. The molecule has 6 aromatic rings. The summed E-state index contributed by atoms with van der Waals surface area (Å²) in [5.41, 5.74) is 6.55. The smallest absolute Gasteiger partial charge is 0.408 e. The zero-order valence-electron chi connectivity index (χ0n) is 31.7. The SMILES string of the molecule is O=C(NC1CC(=O)N(Cc2cccc(-c3cccc([C@@H]4O[C@H](CSc5nnnn5-c5ccc(O)cc5)C[C@H](c5ccc(CO)cc5)O4)c3)c2)C1=O)OCc1ccccc1. The molecule has 2 aliphatic heterocycles. The van der Waals surface area contributed by atoms with Crippen molar-refractivity contribution in [2.75, 3.05) is 5.75 Å². The van der Waals surface area contributed by atoms with Crippen LogP contribution in [0.2, 0.25) is 0 Å². The highest BCUT2D eigenvalue weighted by Crippen LogP contribution is 2.40. The van der Waals surface area contributed by atoms with Gasteiger partial charge in [-0.25, -0.2) is 4.79 Å². The number of amides is 3. The van der Waals surface area contributed by atoms with E-state index in [2.05, 4.69) is 20.8 Å². The number of hydrogen-bond acceptors (Lipinski definition) is 12. The second-order valence-electron chi connectivity index (χ2n) is 14.2. The largest absolute Gasteiger partial charge is 0.508 e. The van der Waals surface area contributed by atoms with Gasteiger partial charge in [-0.15, -0.1) is 5.10 Å². The number of aromatic hydroxyl groups is 1. The zero-order valence-corrected chi connectivity index (χ0v) is 32.5. The van der Waals surface area contributed by atoms with Gasteiger partial charge in [0, 0.05) is 17.7 Å². The van der Waals surface area contributed by atoms with E-state index in [1.54, 1.807) is 28.9 Å². The number of tetrazole rings is 1. The minimum absolute atomic E-state index is 0.0450. The lowest BCUT2D eigenvalue weighted by Gasteiger charge is -2.36. The van der Waals surface area contributed by atoms with Crippen LogP contribution in [0.4, 0.5) is 4.79 Å². The van der Waals surface area contributed by atoms with E-state index in [0.717, 1.165) is 43.8 Å². The standard InChI is InChI=1S/C44H40N6O8S/c51-25-28-12-14-31(15-13-28)39-22-37(27-59-43-46-47-48-50(43)35-16-18-36(52)19-17-35)57-42(58-39)34-11-5-10-33(21-34)32-9-4-8-30(20-32)24-49-40(53)23-38(41(49)54)45-44(55)56-26-29-6-2-1-3-7-29/h1-21,37-39,42,51-52H,22-27H2,(H,45,55)/t37-,38?,39+,42+/m0/s1. The molecule has 1 unspecified atom stereocenters. The van der Waals surface area contributed by atoms with Crippen molar-refractivity contribution in [3.63, 3.8) is 0 Å². The van der Waals surface area contributed by atoms with E-state index in [-0.39, 0.29) is 50.0 Å². The van der Waals surface area contributed by atoms with Crippen molar-refractivity contribution in [2.45, 2.75) is 62.3 Å². The number of hydrogen-bond donors (Lipinski definition) is 3. The number of benzene rings is 5. The highest BCUT2D eigenvalue weighted by molar-refractivity contribution is 7.99. The molecule has 14 nitrogen and oxygen atoms in total. The third-order valence-corrected chi connectivity index (χ3v) is 11.1. The monoisotopic (exact) mass is 812 g/mol. The van der Waals surface area contributed by atoms with Gasteiger partial charge >= 0.3 is 6.09 Å². The molecule has 8 rings (SSSR count). The van der Waals surface area contributed by atoms with Gasteiger partial charge < -0.3 is 29.7 Å². The van der Waals surface area contributed by atoms with E-state index in [1.165, 1.54) is 11.8 Å². The van der Waals surface area contributed by atoms with Crippen LogP contribution in [0.5, 0.6) is 5.75 Å². The van der Waals surface area contributed by atoms with Crippen LogP contribution < -0.4 is 5.32 Å². The summed E-state index contributed by atoms with van der Waals surface area (Å²) in [5, 5.41) is 34.7. The van der Waals surface area contributed by atoms with Gasteiger partial charge in [0.25, 0.3) is 5.91 Å². The summed E-state index contributed by atoms with van der Waals surface area (Å²) < 4.78 is 20.1. The van der Waals surface area contributed by atoms with E-state index < -0.39 is 24.3 Å². The number of thioether (sulfide) groups is 1. The fourth-order valence-corrected chi connectivity index (χ4v) is 7.89. The molecule has 0 radical (unpaired) electrons. The van der Waals surface area contributed by atoms with Crippen LogP contribution in [0.1, 0.15) is 53.1 Å². The van der Waals surface area contributed by atoms with Gasteiger partial charge in [-0.2, -0.15) is 4.68 Å². The Balaban J connectivity index is 0.958.